The first-order valence-corrected chi connectivity index (χ1v) is 54.7. The summed E-state index contributed by atoms with van der Waals surface area (Å²) in [6, 6.07) is 164. The third-order valence-corrected chi connectivity index (χ3v) is 36.7. The van der Waals surface area contributed by atoms with Gasteiger partial charge >= 0.3 is 0 Å². The van der Waals surface area contributed by atoms with E-state index in [0.717, 1.165) is 25.7 Å². The van der Waals surface area contributed by atoms with Gasteiger partial charge in [-0.15, -0.1) is 11.3 Å². The number of nitrogens with zero attached hydrogens (tertiary/aromatic N) is 3. The van der Waals surface area contributed by atoms with Crippen molar-refractivity contribution in [1.82, 2.24) is 13.2 Å². The zero-order valence-corrected chi connectivity index (χ0v) is 85.7. The van der Waals surface area contributed by atoms with E-state index in [1.165, 1.54) is 310 Å². The van der Waals surface area contributed by atoms with Crippen molar-refractivity contribution in [1.29, 1.82) is 0 Å². The third kappa shape index (κ3) is 13.1. The highest BCUT2D eigenvalue weighted by Crippen LogP contribution is 2.59. The number of rotatable bonds is 18. The van der Waals surface area contributed by atoms with E-state index in [9.17, 15) is 0 Å². The Morgan fingerprint density at radius 3 is 0.852 bits per heavy atom. The molecule has 0 saturated heterocycles. The average molecular weight is 1920 g/mol. The summed E-state index contributed by atoms with van der Waals surface area (Å²) in [5.41, 5.74) is 36.9. The molecule has 1 aliphatic carbocycles. The van der Waals surface area contributed by atoms with Crippen LogP contribution in [0.1, 0.15) is 172 Å². The molecule has 0 saturated carbocycles. The maximum atomic E-state index is 2.62. The van der Waals surface area contributed by atoms with Gasteiger partial charge in [-0.05, 0) is 371 Å². The molecule has 0 aliphatic heterocycles. The largest absolute Gasteiger partial charge is 0.308 e. The lowest BCUT2D eigenvalue weighted by Crippen LogP contribution is -2.28. The van der Waals surface area contributed by atoms with Crippen LogP contribution in [0.3, 0.4) is 0 Å². The van der Waals surface area contributed by atoms with Crippen molar-refractivity contribution in [2.75, 3.05) is 0 Å². The molecule has 1 aliphatic rings. The smallest absolute Gasteiger partial charge is 0.0713 e. The lowest BCUT2D eigenvalue weighted by atomic mass is 9.67. The predicted molar refractivity (Wildman–Crippen MR) is 641 cm³/mol. The van der Waals surface area contributed by atoms with E-state index in [0.29, 0.717) is 35.5 Å². The van der Waals surface area contributed by atoms with Gasteiger partial charge in [0.15, 0.2) is 0 Å². The van der Waals surface area contributed by atoms with Crippen LogP contribution in [0.15, 0.2) is 419 Å². The Labute approximate surface area is 868 Å². The fourth-order valence-corrected chi connectivity index (χ4v) is 28.4. The Hall–Kier alpha value is -16.8. The van der Waals surface area contributed by atoms with Crippen molar-refractivity contribution in [2.24, 2.45) is 0 Å². The van der Waals surface area contributed by atoms with E-state index in [1.54, 1.807) is 0 Å². The number of hydrogen-bond acceptors (Lipinski definition) is 1. The minimum absolute atomic E-state index is 0.344. The van der Waals surface area contributed by atoms with Crippen LogP contribution >= 0.6 is 11.3 Å². The van der Waals surface area contributed by atoms with E-state index in [2.05, 4.69) is 487 Å². The van der Waals surface area contributed by atoms with Crippen LogP contribution in [-0.4, -0.2) is 13.2 Å². The minimum atomic E-state index is -0.510. The highest BCUT2D eigenvalue weighted by molar-refractivity contribution is 7.25. The van der Waals surface area contributed by atoms with E-state index in [4.69, 9.17) is 0 Å². The van der Waals surface area contributed by atoms with Crippen LogP contribution in [0.25, 0.3) is 255 Å². The van der Waals surface area contributed by atoms with E-state index in [1.807, 2.05) is 11.3 Å². The average Bonchev–Trinajstić information content (AvgIpc) is 1.52. The SMILES string of the molecule is CC(C)c1ccc2cc3c(cc2c1)c1cc(-c2ccc(-c4ccccc4)cc2)cc2c4cc5cc(C(C)CCC(C)c6ccc7cc8c(cc7c6)c6cc(-c7ccc9sc%10ccccc%10c9c7)cc7c9cc%10cc(C(C)CCC(C)c%11ccc%12cc%13c(cc%12c%11)c%11cc(-c%12ccc%14c(c%12)C(c%12ccccc%12)(c%12ccccc%12)c%12ccccc%12-%14)cc%12c%14cc%15cc(C(C)C)ccc%15cc%14n%13c%12%11)ccc%10cc9n8c67)ccc5cc4n3c12. The summed E-state index contributed by atoms with van der Waals surface area (Å²) in [5.74, 6) is 2.29. The van der Waals surface area contributed by atoms with Crippen LogP contribution in [0.5, 0.6) is 0 Å². The van der Waals surface area contributed by atoms with Gasteiger partial charge in [0.25, 0.3) is 0 Å². The maximum Gasteiger partial charge on any atom is 0.0713 e. The van der Waals surface area contributed by atoms with Crippen molar-refractivity contribution in [3.8, 4) is 55.6 Å². The molecule has 0 fully saturated rings. The Balaban J connectivity index is 0.454. The Kier molecular flexibility index (Phi) is 18.9. The molecule has 4 atom stereocenters. The van der Waals surface area contributed by atoms with E-state index < -0.39 is 5.41 Å². The van der Waals surface area contributed by atoms with Gasteiger partial charge in [-0.3, -0.25) is 0 Å². The predicted octanol–water partition coefficient (Wildman–Crippen LogP) is 41.1. The van der Waals surface area contributed by atoms with Crippen LogP contribution in [-0.2, 0) is 5.41 Å². The summed E-state index contributed by atoms with van der Waals surface area (Å²) >= 11 is 1.89. The number of aromatic nitrogens is 3. The van der Waals surface area contributed by atoms with E-state index >= 15 is 0 Å². The standard InChI is InChI=1S/C145H107N3S/c1-82(2)91-40-46-99-76-134-119(63-105(99)56-91)126-69-111(90-38-36-89(37-39-90)88-22-12-9-13-23-88)70-127-121-65-107-58-93(42-48-101(107)78-136(121)146(134)142(126)127)84(5)32-33-85(6)94-43-49-102-79-137-122(66-108(102)59-94)128-71-112(97-53-55-141-125(62-97)118-29-19-21-31-140(118)149-141)72-129-123-67-109-60-95(44-50-103(109)80-138(123)148(137)143(128)129)86(7)34-35-87(8)96-45-51-104-81-139-124(68-110(104)61-96)131-74-113(73-130-120-64-106-57-92(83(3)4)41-47-100(106)77-135(120)147(139)144(130)131)98-52-54-117-116-28-18-20-30-132(116)145(133(117)75-98,114-24-14-10-15-25-114)115-26-16-11-17-27-115/h9-31,36-87H,32-35H2,1-8H3. The van der Waals surface area contributed by atoms with Gasteiger partial charge in [0.2, 0.25) is 0 Å². The molecule has 7 aromatic heterocycles. The molecular weight excluding hydrogens is 1820 g/mol. The molecule has 4 heteroatoms. The molecule has 0 amide bonds. The van der Waals surface area contributed by atoms with Crippen LogP contribution in [0, 0.1) is 0 Å². The normalized spacial score (nSPS) is 13.9. The molecule has 23 aromatic carbocycles. The number of benzene rings is 23. The maximum absolute atomic E-state index is 2.62. The molecule has 708 valence electrons. The molecule has 149 heavy (non-hydrogen) atoms. The fourth-order valence-electron chi connectivity index (χ4n) is 27.3. The van der Waals surface area contributed by atoms with Crippen LogP contribution in [0.4, 0.5) is 0 Å². The molecule has 0 spiro atoms. The van der Waals surface area contributed by atoms with Gasteiger partial charge in [-0.25, -0.2) is 0 Å². The first-order valence-electron chi connectivity index (χ1n) is 53.9. The number of thiophene rings is 1. The Bertz CT molecular complexity index is 10800. The quantitative estimate of drug-likeness (QED) is 0.0812. The van der Waals surface area contributed by atoms with Gasteiger partial charge in [-0.1, -0.05) is 341 Å². The molecule has 0 bridgehead atoms. The lowest BCUT2D eigenvalue weighted by Gasteiger charge is -2.34. The highest BCUT2D eigenvalue weighted by atomic mass is 32.1. The summed E-state index contributed by atoms with van der Waals surface area (Å²) in [7, 11) is 0. The van der Waals surface area contributed by atoms with Gasteiger partial charge in [-0.2, -0.15) is 0 Å². The lowest BCUT2D eigenvalue weighted by molar-refractivity contribution is 0.574. The molecule has 4 unspecified atom stereocenters. The van der Waals surface area contributed by atoms with Gasteiger partial charge in [0.05, 0.1) is 55.1 Å². The van der Waals surface area contributed by atoms with Crippen molar-refractivity contribution in [2.45, 2.75) is 122 Å². The van der Waals surface area contributed by atoms with Crippen molar-refractivity contribution >= 4 is 210 Å². The third-order valence-electron chi connectivity index (χ3n) is 35.6. The Morgan fingerprint density at radius 2 is 0.470 bits per heavy atom. The van der Waals surface area contributed by atoms with Crippen molar-refractivity contribution < 1.29 is 0 Å². The first kappa shape index (κ1) is 86.5. The fraction of sp³-hybridized carbons (Fsp3) is 0.131. The zero-order chi connectivity index (χ0) is 98.9. The van der Waals surface area contributed by atoms with Gasteiger partial charge < -0.3 is 13.2 Å². The van der Waals surface area contributed by atoms with Crippen LogP contribution < -0.4 is 0 Å². The summed E-state index contributed by atoms with van der Waals surface area (Å²) in [5, 5.41) is 33.6. The van der Waals surface area contributed by atoms with E-state index in [-0.39, 0.29) is 0 Å². The van der Waals surface area contributed by atoms with Crippen molar-refractivity contribution in [3.63, 3.8) is 0 Å². The molecular formula is C145H107N3S. The Morgan fingerprint density at radius 1 is 0.188 bits per heavy atom. The summed E-state index contributed by atoms with van der Waals surface area (Å²) < 4.78 is 10.4. The second-order valence-corrected chi connectivity index (χ2v) is 45.8. The zero-order valence-electron chi connectivity index (χ0n) is 84.9. The summed E-state index contributed by atoms with van der Waals surface area (Å²) in [4.78, 5) is 0. The molecule has 31 rings (SSSR count). The van der Waals surface area contributed by atoms with Gasteiger partial charge in [0.1, 0.15) is 0 Å². The molecule has 3 nitrogen and oxygen atoms in total. The first-order chi connectivity index (χ1) is 73.0. The second kappa shape index (κ2) is 32.6. The van der Waals surface area contributed by atoms with Crippen molar-refractivity contribution in [3.05, 3.63) is 474 Å². The molecule has 0 N–H and O–H groups in total. The number of fused-ring (bicyclic) bond motifs is 30. The second-order valence-electron chi connectivity index (χ2n) is 44.7. The molecule has 7 heterocycles. The topological polar surface area (TPSA) is 13.2 Å². The number of hydrogen-bond donors (Lipinski definition) is 0. The highest BCUT2D eigenvalue weighted by Gasteiger charge is 2.46. The minimum Gasteiger partial charge on any atom is -0.308 e. The molecule has 0 radical (unpaired) electrons. The monoisotopic (exact) mass is 1920 g/mol. The summed E-state index contributed by atoms with van der Waals surface area (Å²) in [6.45, 7) is 19.0. The van der Waals surface area contributed by atoms with Gasteiger partial charge in [0, 0.05) is 84.8 Å². The van der Waals surface area contributed by atoms with Crippen LogP contribution in [0.2, 0.25) is 0 Å². The molecule has 30 aromatic rings. The summed E-state index contributed by atoms with van der Waals surface area (Å²) in [6.07, 6.45) is 4.29.